The van der Waals surface area contributed by atoms with Crippen LogP contribution in [0, 0.1) is 5.41 Å². The molecule has 0 saturated carbocycles. The highest BCUT2D eigenvalue weighted by Gasteiger charge is 2.43. The first kappa shape index (κ1) is 15.4. The summed E-state index contributed by atoms with van der Waals surface area (Å²) < 4.78 is 5.68. The standard InChI is InChI=1S/C16H24N4O2/c1-13(2)20-10-16(11-22-8-15(20)21)3-4-19(9-16)7-14-5-17-12-18-6-14/h5-6,12-13H,3-4,7-11H2,1-2H3. The van der Waals surface area contributed by atoms with Gasteiger partial charge in [-0.05, 0) is 26.8 Å². The molecule has 2 saturated heterocycles. The van der Waals surface area contributed by atoms with E-state index in [9.17, 15) is 4.79 Å². The van der Waals surface area contributed by atoms with Crippen molar-refractivity contribution in [1.29, 1.82) is 0 Å². The molecule has 0 aliphatic carbocycles. The van der Waals surface area contributed by atoms with E-state index in [1.807, 2.05) is 17.3 Å². The third kappa shape index (κ3) is 3.28. The van der Waals surface area contributed by atoms with Gasteiger partial charge in [0.2, 0.25) is 5.91 Å². The minimum absolute atomic E-state index is 0.0616. The van der Waals surface area contributed by atoms with Crippen LogP contribution in [0.25, 0.3) is 0 Å². The fourth-order valence-corrected chi connectivity index (χ4v) is 3.48. The molecule has 2 aliphatic rings. The summed E-state index contributed by atoms with van der Waals surface area (Å²) in [6.45, 7) is 8.67. The molecule has 0 radical (unpaired) electrons. The summed E-state index contributed by atoms with van der Waals surface area (Å²) in [5, 5.41) is 0. The first-order valence-corrected chi connectivity index (χ1v) is 7.91. The van der Waals surface area contributed by atoms with Gasteiger partial charge in [0.05, 0.1) is 6.61 Å². The second-order valence-electron chi connectivity index (χ2n) is 6.82. The van der Waals surface area contributed by atoms with Crippen molar-refractivity contribution < 1.29 is 9.53 Å². The first-order valence-electron chi connectivity index (χ1n) is 7.91. The van der Waals surface area contributed by atoms with Gasteiger partial charge in [-0.25, -0.2) is 9.97 Å². The van der Waals surface area contributed by atoms with Crippen LogP contribution in [0.4, 0.5) is 0 Å². The van der Waals surface area contributed by atoms with Crippen LogP contribution in [0.5, 0.6) is 0 Å². The maximum Gasteiger partial charge on any atom is 0.248 e. The highest BCUT2D eigenvalue weighted by molar-refractivity contribution is 5.78. The number of amides is 1. The molecule has 1 aromatic rings. The molecular weight excluding hydrogens is 280 g/mol. The van der Waals surface area contributed by atoms with Crippen LogP contribution < -0.4 is 0 Å². The van der Waals surface area contributed by atoms with Gasteiger partial charge in [0.25, 0.3) is 0 Å². The predicted octanol–water partition coefficient (Wildman–Crippen LogP) is 0.936. The Kier molecular flexibility index (Phi) is 4.40. The SMILES string of the molecule is CC(C)N1CC2(CCN(Cc3cncnc3)C2)COCC1=O. The molecule has 22 heavy (non-hydrogen) atoms. The van der Waals surface area contributed by atoms with Crippen LogP contribution in [0.2, 0.25) is 0 Å². The van der Waals surface area contributed by atoms with Crippen LogP contribution in [-0.2, 0) is 16.1 Å². The molecule has 0 bridgehead atoms. The summed E-state index contributed by atoms with van der Waals surface area (Å²) in [6, 6.07) is 0.225. The number of hydrogen-bond donors (Lipinski definition) is 0. The molecule has 3 heterocycles. The average Bonchev–Trinajstić information content (AvgIpc) is 2.80. The lowest BCUT2D eigenvalue weighted by molar-refractivity contribution is -0.135. The van der Waals surface area contributed by atoms with Gasteiger partial charge in [-0.15, -0.1) is 0 Å². The number of aromatic nitrogens is 2. The minimum Gasteiger partial charge on any atom is -0.371 e. The number of nitrogens with zero attached hydrogens (tertiary/aromatic N) is 4. The summed E-state index contributed by atoms with van der Waals surface area (Å²) in [6.07, 6.45) is 6.36. The Labute approximate surface area is 131 Å². The predicted molar refractivity (Wildman–Crippen MR) is 82.0 cm³/mol. The molecule has 1 atom stereocenters. The van der Waals surface area contributed by atoms with E-state index in [1.165, 1.54) is 0 Å². The number of hydrogen-bond acceptors (Lipinski definition) is 5. The van der Waals surface area contributed by atoms with E-state index < -0.39 is 0 Å². The third-order valence-corrected chi connectivity index (χ3v) is 4.62. The van der Waals surface area contributed by atoms with Gasteiger partial charge in [-0.3, -0.25) is 9.69 Å². The molecule has 2 fully saturated rings. The molecule has 120 valence electrons. The van der Waals surface area contributed by atoms with Gasteiger partial charge in [0, 0.05) is 49.0 Å². The largest absolute Gasteiger partial charge is 0.371 e. The summed E-state index contributed by atoms with van der Waals surface area (Å²) >= 11 is 0. The van der Waals surface area contributed by atoms with Crippen molar-refractivity contribution in [2.45, 2.75) is 32.9 Å². The lowest BCUT2D eigenvalue weighted by Gasteiger charge is -2.34. The Morgan fingerprint density at radius 1 is 1.32 bits per heavy atom. The molecule has 0 N–H and O–H groups in total. The van der Waals surface area contributed by atoms with Crippen molar-refractivity contribution in [1.82, 2.24) is 19.8 Å². The number of rotatable bonds is 3. The molecule has 6 heteroatoms. The van der Waals surface area contributed by atoms with Gasteiger partial charge in [-0.2, -0.15) is 0 Å². The molecule has 1 unspecified atom stereocenters. The Balaban J connectivity index is 1.68. The molecule has 1 amide bonds. The fraction of sp³-hybridized carbons (Fsp3) is 0.688. The second kappa shape index (κ2) is 6.30. The van der Waals surface area contributed by atoms with E-state index >= 15 is 0 Å². The highest BCUT2D eigenvalue weighted by Crippen LogP contribution is 2.34. The number of carbonyl (C=O) groups excluding carboxylic acids is 1. The van der Waals surface area contributed by atoms with Crippen molar-refractivity contribution in [2.75, 3.05) is 32.8 Å². The summed E-state index contributed by atoms with van der Waals surface area (Å²) in [4.78, 5) is 24.7. The fourth-order valence-electron chi connectivity index (χ4n) is 3.48. The van der Waals surface area contributed by atoms with Crippen LogP contribution in [0.1, 0.15) is 25.8 Å². The lowest BCUT2D eigenvalue weighted by Crippen LogP contribution is -2.45. The van der Waals surface area contributed by atoms with Gasteiger partial charge in [-0.1, -0.05) is 0 Å². The van der Waals surface area contributed by atoms with Gasteiger partial charge >= 0.3 is 0 Å². The first-order chi connectivity index (χ1) is 10.6. The normalized spacial score (nSPS) is 26.9. The zero-order valence-electron chi connectivity index (χ0n) is 13.4. The Hall–Kier alpha value is -1.53. The molecule has 2 aliphatic heterocycles. The van der Waals surface area contributed by atoms with Gasteiger partial charge in [0.15, 0.2) is 0 Å². The molecule has 1 aromatic heterocycles. The van der Waals surface area contributed by atoms with Crippen molar-refractivity contribution in [2.24, 2.45) is 5.41 Å². The molecule has 6 nitrogen and oxygen atoms in total. The van der Waals surface area contributed by atoms with Crippen molar-refractivity contribution >= 4 is 5.91 Å². The number of carbonyl (C=O) groups is 1. The molecule has 0 aromatic carbocycles. The van der Waals surface area contributed by atoms with Crippen LogP contribution in [0.15, 0.2) is 18.7 Å². The Morgan fingerprint density at radius 2 is 2.09 bits per heavy atom. The quantitative estimate of drug-likeness (QED) is 0.831. The van der Waals surface area contributed by atoms with Crippen molar-refractivity contribution in [3.8, 4) is 0 Å². The summed E-state index contributed by atoms with van der Waals surface area (Å²) in [5.74, 6) is 0.113. The van der Waals surface area contributed by atoms with E-state index in [4.69, 9.17) is 4.74 Å². The number of likely N-dealkylation sites (tertiary alicyclic amines) is 1. The van der Waals surface area contributed by atoms with E-state index in [0.29, 0.717) is 6.61 Å². The zero-order valence-corrected chi connectivity index (χ0v) is 13.4. The average molecular weight is 304 g/mol. The highest BCUT2D eigenvalue weighted by atomic mass is 16.5. The van der Waals surface area contributed by atoms with Crippen LogP contribution in [-0.4, -0.2) is 64.6 Å². The second-order valence-corrected chi connectivity index (χ2v) is 6.82. The summed E-state index contributed by atoms with van der Waals surface area (Å²) in [7, 11) is 0. The molecule has 1 spiro atoms. The molecule has 3 rings (SSSR count). The third-order valence-electron chi connectivity index (χ3n) is 4.62. The van der Waals surface area contributed by atoms with E-state index in [0.717, 1.165) is 38.2 Å². The topological polar surface area (TPSA) is 58.6 Å². The number of ether oxygens (including phenoxy) is 1. The van der Waals surface area contributed by atoms with Crippen molar-refractivity contribution in [3.05, 3.63) is 24.3 Å². The van der Waals surface area contributed by atoms with Crippen LogP contribution >= 0.6 is 0 Å². The maximum atomic E-state index is 12.1. The van der Waals surface area contributed by atoms with E-state index in [2.05, 4.69) is 28.7 Å². The Bertz CT molecular complexity index is 522. The van der Waals surface area contributed by atoms with Crippen LogP contribution in [0.3, 0.4) is 0 Å². The smallest absolute Gasteiger partial charge is 0.248 e. The van der Waals surface area contributed by atoms with Gasteiger partial charge in [0.1, 0.15) is 12.9 Å². The van der Waals surface area contributed by atoms with E-state index in [1.54, 1.807) is 6.33 Å². The van der Waals surface area contributed by atoms with Crippen molar-refractivity contribution in [3.63, 3.8) is 0 Å². The minimum atomic E-state index is 0.0616. The summed E-state index contributed by atoms with van der Waals surface area (Å²) in [5.41, 5.74) is 1.19. The van der Waals surface area contributed by atoms with E-state index in [-0.39, 0.29) is 24.0 Å². The van der Waals surface area contributed by atoms with Gasteiger partial charge < -0.3 is 9.64 Å². The monoisotopic (exact) mass is 304 g/mol. The maximum absolute atomic E-state index is 12.1. The molecular formula is C16H24N4O2. The zero-order chi connectivity index (χ0) is 15.6. The Morgan fingerprint density at radius 3 is 2.82 bits per heavy atom. The lowest BCUT2D eigenvalue weighted by atomic mass is 9.87.